The van der Waals surface area contributed by atoms with Crippen molar-refractivity contribution in [3.8, 4) is 11.4 Å². The molecule has 0 radical (unpaired) electrons. The van der Waals surface area contributed by atoms with Crippen LogP contribution in [0.25, 0.3) is 5.69 Å². The lowest BCUT2D eigenvalue weighted by atomic mass is 10.2. The molecule has 0 aliphatic heterocycles. The molecule has 0 spiro atoms. The Kier molecular flexibility index (Phi) is 2.92. The van der Waals surface area contributed by atoms with E-state index in [0.29, 0.717) is 6.54 Å². The molecule has 0 aliphatic rings. The van der Waals surface area contributed by atoms with E-state index in [2.05, 4.69) is 4.98 Å². The Labute approximate surface area is 94.7 Å². The number of nitrogens with zero attached hydrogens (tertiary/aromatic N) is 2. The van der Waals surface area contributed by atoms with Gasteiger partial charge in [-0.2, -0.15) is 0 Å². The van der Waals surface area contributed by atoms with Gasteiger partial charge in [0.2, 0.25) is 0 Å². The van der Waals surface area contributed by atoms with Crippen LogP contribution in [-0.4, -0.2) is 16.7 Å². The van der Waals surface area contributed by atoms with Crippen LogP contribution in [0, 0.1) is 6.92 Å². The third kappa shape index (κ3) is 1.79. The van der Waals surface area contributed by atoms with Crippen LogP contribution in [0.1, 0.15) is 11.3 Å². The monoisotopic (exact) mass is 217 g/mol. The summed E-state index contributed by atoms with van der Waals surface area (Å²) in [6.45, 7) is 2.52. The molecular weight excluding hydrogens is 202 g/mol. The highest BCUT2D eigenvalue weighted by atomic mass is 16.5. The van der Waals surface area contributed by atoms with Gasteiger partial charge in [0.25, 0.3) is 0 Å². The molecule has 0 aliphatic carbocycles. The number of hydrogen-bond acceptors (Lipinski definition) is 3. The Balaban J connectivity index is 2.48. The van der Waals surface area contributed by atoms with Crippen molar-refractivity contribution in [1.82, 2.24) is 9.55 Å². The predicted molar refractivity (Wildman–Crippen MR) is 62.7 cm³/mol. The molecule has 1 heterocycles. The molecule has 0 saturated heterocycles. The smallest absolute Gasteiger partial charge is 0.119 e. The Morgan fingerprint density at radius 2 is 2.25 bits per heavy atom. The fraction of sp³-hybridized carbons (Fsp3) is 0.250. The minimum absolute atomic E-state index is 0.478. The molecule has 2 aromatic rings. The summed E-state index contributed by atoms with van der Waals surface area (Å²) in [6, 6.07) is 5.94. The van der Waals surface area contributed by atoms with Crippen LogP contribution in [0.5, 0.6) is 5.75 Å². The Morgan fingerprint density at radius 1 is 1.44 bits per heavy atom. The summed E-state index contributed by atoms with van der Waals surface area (Å²) in [5, 5.41) is 0. The first kappa shape index (κ1) is 10.7. The molecule has 1 aromatic heterocycles. The van der Waals surface area contributed by atoms with Crippen molar-refractivity contribution >= 4 is 0 Å². The highest BCUT2D eigenvalue weighted by molar-refractivity contribution is 5.45. The number of rotatable bonds is 3. The molecule has 0 atom stereocenters. The standard InChI is InChI=1S/C12H15N3O/c1-9-5-11(16-2)3-4-12(9)15-8-14-7-10(15)6-13/h3-5,7-8H,6,13H2,1-2H3. The van der Waals surface area contributed by atoms with Crippen molar-refractivity contribution in [2.45, 2.75) is 13.5 Å². The van der Waals surface area contributed by atoms with Gasteiger partial charge in [0.1, 0.15) is 5.75 Å². The van der Waals surface area contributed by atoms with Gasteiger partial charge in [0.15, 0.2) is 0 Å². The third-order valence-corrected chi connectivity index (χ3v) is 2.59. The zero-order valence-electron chi connectivity index (χ0n) is 9.47. The quantitative estimate of drug-likeness (QED) is 0.850. The molecule has 2 N–H and O–H groups in total. The van der Waals surface area contributed by atoms with Gasteiger partial charge in [-0.05, 0) is 30.7 Å². The van der Waals surface area contributed by atoms with E-state index in [1.54, 1.807) is 19.6 Å². The topological polar surface area (TPSA) is 53.1 Å². The molecule has 0 amide bonds. The molecule has 0 unspecified atom stereocenters. The van der Waals surface area contributed by atoms with Crippen LogP contribution in [0.2, 0.25) is 0 Å². The van der Waals surface area contributed by atoms with Crippen LogP contribution in [0.15, 0.2) is 30.7 Å². The predicted octanol–water partition coefficient (Wildman–Crippen LogP) is 1.65. The second kappa shape index (κ2) is 4.37. The lowest BCUT2D eigenvalue weighted by Crippen LogP contribution is -2.05. The van der Waals surface area contributed by atoms with E-state index in [4.69, 9.17) is 10.5 Å². The van der Waals surface area contributed by atoms with E-state index in [1.165, 1.54) is 0 Å². The minimum atomic E-state index is 0.478. The summed E-state index contributed by atoms with van der Waals surface area (Å²) in [7, 11) is 1.66. The second-order valence-electron chi connectivity index (χ2n) is 3.61. The molecule has 2 rings (SSSR count). The minimum Gasteiger partial charge on any atom is -0.497 e. The van der Waals surface area contributed by atoms with E-state index in [0.717, 1.165) is 22.7 Å². The van der Waals surface area contributed by atoms with Gasteiger partial charge in [-0.3, -0.25) is 0 Å². The SMILES string of the molecule is COc1ccc(-n2cncc2CN)c(C)c1. The molecule has 84 valence electrons. The van der Waals surface area contributed by atoms with E-state index in [1.807, 2.05) is 29.7 Å². The normalized spacial score (nSPS) is 10.4. The van der Waals surface area contributed by atoms with Crippen molar-refractivity contribution in [1.29, 1.82) is 0 Å². The number of hydrogen-bond donors (Lipinski definition) is 1. The fourth-order valence-corrected chi connectivity index (χ4v) is 1.72. The molecule has 0 saturated carbocycles. The third-order valence-electron chi connectivity index (χ3n) is 2.59. The Hall–Kier alpha value is -1.81. The highest BCUT2D eigenvalue weighted by Gasteiger charge is 2.06. The van der Waals surface area contributed by atoms with Gasteiger partial charge in [0.05, 0.1) is 19.1 Å². The number of methoxy groups -OCH3 is 1. The fourth-order valence-electron chi connectivity index (χ4n) is 1.72. The molecule has 1 aromatic carbocycles. The molecule has 4 nitrogen and oxygen atoms in total. The summed E-state index contributed by atoms with van der Waals surface area (Å²) in [5.41, 5.74) is 8.86. The van der Waals surface area contributed by atoms with Crippen molar-refractivity contribution in [2.75, 3.05) is 7.11 Å². The van der Waals surface area contributed by atoms with Crippen molar-refractivity contribution in [2.24, 2.45) is 5.73 Å². The molecule has 4 heteroatoms. The van der Waals surface area contributed by atoms with E-state index in [-0.39, 0.29) is 0 Å². The lowest BCUT2D eigenvalue weighted by molar-refractivity contribution is 0.414. The summed E-state index contributed by atoms with van der Waals surface area (Å²) < 4.78 is 7.17. The van der Waals surface area contributed by atoms with E-state index < -0.39 is 0 Å². The Morgan fingerprint density at radius 3 is 2.88 bits per heavy atom. The zero-order valence-corrected chi connectivity index (χ0v) is 9.47. The maximum atomic E-state index is 5.65. The van der Waals surface area contributed by atoms with Crippen LogP contribution in [0.4, 0.5) is 0 Å². The number of nitrogens with two attached hydrogens (primary N) is 1. The first-order chi connectivity index (χ1) is 7.76. The number of imidazole rings is 1. The average molecular weight is 217 g/mol. The van der Waals surface area contributed by atoms with Crippen molar-refractivity contribution in [3.05, 3.63) is 42.0 Å². The van der Waals surface area contributed by atoms with E-state index >= 15 is 0 Å². The second-order valence-corrected chi connectivity index (χ2v) is 3.61. The number of ether oxygens (including phenoxy) is 1. The van der Waals surface area contributed by atoms with Crippen LogP contribution in [0.3, 0.4) is 0 Å². The van der Waals surface area contributed by atoms with E-state index in [9.17, 15) is 0 Å². The van der Waals surface area contributed by atoms with Crippen molar-refractivity contribution in [3.63, 3.8) is 0 Å². The largest absolute Gasteiger partial charge is 0.497 e. The average Bonchev–Trinajstić information content (AvgIpc) is 2.76. The van der Waals surface area contributed by atoms with Crippen LogP contribution >= 0.6 is 0 Å². The van der Waals surface area contributed by atoms with Crippen LogP contribution < -0.4 is 10.5 Å². The van der Waals surface area contributed by atoms with Gasteiger partial charge < -0.3 is 15.0 Å². The molecule has 0 fully saturated rings. The van der Waals surface area contributed by atoms with Gasteiger partial charge in [-0.15, -0.1) is 0 Å². The first-order valence-electron chi connectivity index (χ1n) is 5.12. The van der Waals surface area contributed by atoms with Crippen molar-refractivity contribution < 1.29 is 4.74 Å². The van der Waals surface area contributed by atoms with Gasteiger partial charge in [0, 0.05) is 18.4 Å². The summed E-state index contributed by atoms with van der Waals surface area (Å²) in [6.07, 6.45) is 3.56. The number of aromatic nitrogens is 2. The summed E-state index contributed by atoms with van der Waals surface area (Å²) in [5.74, 6) is 0.857. The highest BCUT2D eigenvalue weighted by Crippen LogP contribution is 2.21. The molecule has 16 heavy (non-hydrogen) atoms. The lowest BCUT2D eigenvalue weighted by Gasteiger charge is -2.11. The van der Waals surface area contributed by atoms with Gasteiger partial charge >= 0.3 is 0 Å². The number of aryl methyl sites for hydroxylation is 1. The molecular formula is C12H15N3O. The maximum absolute atomic E-state index is 5.65. The van der Waals surface area contributed by atoms with Gasteiger partial charge in [-0.1, -0.05) is 0 Å². The van der Waals surface area contributed by atoms with Crippen LogP contribution in [-0.2, 0) is 6.54 Å². The zero-order chi connectivity index (χ0) is 11.5. The maximum Gasteiger partial charge on any atom is 0.119 e. The first-order valence-corrected chi connectivity index (χ1v) is 5.12. The Bertz CT molecular complexity index is 491. The summed E-state index contributed by atoms with van der Waals surface area (Å²) >= 11 is 0. The summed E-state index contributed by atoms with van der Waals surface area (Å²) in [4.78, 5) is 4.10. The molecule has 0 bridgehead atoms. The van der Waals surface area contributed by atoms with Gasteiger partial charge in [-0.25, -0.2) is 4.98 Å². The number of benzene rings is 1.